The molecule has 8 nitrogen and oxygen atoms in total. The fraction of sp³-hybridized carbons (Fsp3) is 0.407. The minimum absolute atomic E-state index is 0.0319. The van der Waals surface area contributed by atoms with Crippen molar-refractivity contribution in [1.29, 1.82) is 0 Å². The summed E-state index contributed by atoms with van der Waals surface area (Å²) in [6.07, 6.45) is 4.71. The van der Waals surface area contributed by atoms with Crippen LogP contribution in [-0.2, 0) is 13.0 Å². The number of pyridine rings is 1. The van der Waals surface area contributed by atoms with Gasteiger partial charge in [0.05, 0.1) is 11.7 Å². The second-order valence-electron chi connectivity index (χ2n) is 11.0. The summed E-state index contributed by atoms with van der Waals surface area (Å²) in [5.41, 5.74) is 3.01. The Morgan fingerprint density at radius 3 is 2.62 bits per heavy atom. The van der Waals surface area contributed by atoms with Crippen LogP contribution < -0.4 is 5.32 Å². The lowest BCUT2D eigenvalue weighted by molar-refractivity contribution is -0.108. The molecule has 0 unspecified atom stereocenters. The van der Waals surface area contributed by atoms with Gasteiger partial charge in [-0.25, -0.2) is 28.7 Å². The van der Waals surface area contributed by atoms with Crippen LogP contribution in [0.1, 0.15) is 30.8 Å². The Balaban J connectivity index is 1.09. The van der Waals surface area contributed by atoms with Gasteiger partial charge in [-0.05, 0) is 44.2 Å². The zero-order chi connectivity index (χ0) is 25.3. The average Bonchev–Trinajstić information content (AvgIpc) is 3.39. The molecule has 2 saturated heterocycles. The number of halogens is 2. The smallest absolute Gasteiger partial charge is 0.229 e. The molecular formula is C27H28F2N8. The van der Waals surface area contributed by atoms with Crippen LogP contribution in [-0.4, -0.2) is 67.5 Å². The fourth-order valence-corrected chi connectivity index (χ4v) is 6.38. The van der Waals surface area contributed by atoms with Gasteiger partial charge in [0.1, 0.15) is 22.9 Å². The van der Waals surface area contributed by atoms with E-state index in [4.69, 9.17) is 0 Å². The highest BCUT2D eigenvalue weighted by Gasteiger charge is 2.49. The third-order valence-corrected chi connectivity index (χ3v) is 7.87. The van der Waals surface area contributed by atoms with Crippen molar-refractivity contribution in [2.24, 2.45) is 5.41 Å². The molecule has 3 aromatic heterocycles. The van der Waals surface area contributed by atoms with Crippen molar-refractivity contribution in [3.8, 4) is 11.3 Å². The lowest BCUT2D eigenvalue weighted by Gasteiger charge is -2.59. The summed E-state index contributed by atoms with van der Waals surface area (Å²) >= 11 is 0. The number of hydrogen-bond acceptors (Lipinski definition) is 7. The van der Waals surface area contributed by atoms with E-state index >= 15 is 0 Å². The summed E-state index contributed by atoms with van der Waals surface area (Å²) < 4.78 is 31.8. The van der Waals surface area contributed by atoms with Gasteiger partial charge in [-0.1, -0.05) is 6.07 Å². The predicted molar refractivity (Wildman–Crippen MR) is 136 cm³/mol. The first-order valence-electron chi connectivity index (χ1n) is 12.7. The SMILES string of the molecule is C[C@@H]1CCc2nc3c(F)cc(-c4nc(Nc5ccc(CN6CC7(CN(C)C7)C6)cn5)ncc4F)cc3n21. The standard InChI is InChI=1S/C27H28F2N8/c1-16-3-6-23-33-25-19(28)7-18(8-21(25)37(16)23)24-20(29)10-31-26(34-24)32-22-5-4-17(9-30-22)11-36-14-27(15-36)12-35(2)13-27/h4-5,7-10,16H,3,6,11-15H2,1-2H3,(H,30,31,32,34)/t16-/m1/s1. The van der Waals surface area contributed by atoms with Gasteiger partial charge >= 0.3 is 0 Å². The van der Waals surface area contributed by atoms with Gasteiger partial charge in [-0.2, -0.15) is 0 Å². The number of likely N-dealkylation sites (tertiary alicyclic amines) is 2. The van der Waals surface area contributed by atoms with Crippen LogP contribution in [0.15, 0.2) is 36.7 Å². The molecule has 3 aliphatic heterocycles. The maximum absolute atomic E-state index is 15.0. The summed E-state index contributed by atoms with van der Waals surface area (Å²) in [4.78, 5) is 22.2. The molecule has 1 aromatic carbocycles. The molecular weight excluding hydrogens is 474 g/mol. The van der Waals surface area contributed by atoms with Crippen LogP contribution in [0.5, 0.6) is 0 Å². The van der Waals surface area contributed by atoms with Crippen LogP contribution >= 0.6 is 0 Å². The molecule has 1 atom stereocenters. The molecule has 0 aliphatic carbocycles. The molecule has 0 radical (unpaired) electrons. The Hall–Kier alpha value is -3.50. The van der Waals surface area contributed by atoms with Gasteiger partial charge in [0.2, 0.25) is 5.95 Å². The Bertz CT molecular complexity index is 1500. The molecule has 190 valence electrons. The lowest BCUT2D eigenvalue weighted by Crippen LogP contribution is -2.70. The first kappa shape index (κ1) is 22.7. The highest BCUT2D eigenvalue weighted by Crippen LogP contribution is 2.39. The number of fused-ring (bicyclic) bond motifs is 3. The maximum atomic E-state index is 15.0. The highest BCUT2D eigenvalue weighted by molar-refractivity contribution is 5.83. The largest absolute Gasteiger partial charge is 0.325 e. The molecule has 3 aliphatic rings. The van der Waals surface area contributed by atoms with Crippen molar-refractivity contribution >= 4 is 22.8 Å². The number of hydrogen-bond donors (Lipinski definition) is 1. The van der Waals surface area contributed by atoms with Gasteiger partial charge in [-0.15, -0.1) is 0 Å². The molecule has 0 bridgehead atoms. The number of aromatic nitrogens is 5. The number of rotatable bonds is 5. The van der Waals surface area contributed by atoms with E-state index in [9.17, 15) is 8.78 Å². The van der Waals surface area contributed by atoms with Gasteiger partial charge in [0, 0.05) is 62.4 Å². The first-order chi connectivity index (χ1) is 17.9. The maximum Gasteiger partial charge on any atom is 0.229 e. The number of nitrogens with zero attached hydrogens (tertiary/aromatic N) is 7. The van der Waals surface area contributed by atoms with Crippen LogP contribution in [0.4, 0.5) is 20.5 Å². The van der Waals surface area contributed by atoms with E-state index in [0.29, 0.717) is 27.8 Å². The Morgan fingerprint density at radius 1 is 1.03 bits per heavy atom. The van der Waals surface area contributed by atoms with E-state index in [2.05, 4.69) is 49.0 Å². The fourth-order valence-electron chi connectivity index (χ4n) is 6.38. The number of imidazole rings is 1. The zero-order valence-electron chi connectivity index (χ0n) is 20.9. The topological polar surface area (TPSA) is 75.0 Å². The molecule has 10 heteroatoms. The van der Waals surface area contributed by atoms with Crippen molar-refractivity contribution in [3.05, 3.63) is 59.7 Å². The van der Waals surface area contributed by atoms with Gasteiger partial charge < -0.3 is 14.8 Å². The molecule has 1 spiro atoms. The van der Waals surface area contributed by atoms with Crippen molar-refractivity contribution < 1.29 is 8.78 Å². The summed E-state index contributed by atoms with van der Waals surface area (Å²) in [6, 6.07) is 7.18. The van der Waals surface area contributed by atoms with Crippen molar-refractivity contribution in [3.63, 3.8) is 0 Å². The third kappa shape index (κ3) is 3.86. The summed E-state index contributed by atoms with van der Waals surface area (Å²) in [5.74, 6) is 0.521. The molecule has 0 saturated carbocycles. The second kappa shape index (κ2) is 8.26. The van der Waals surface area contributed by atoms with Crippen LogP contribution in [0.2, 0.25) is 0 Å². The van der Waals surface area contributed by atoms with E-state index in [1.807, 2.05) is 22.9 Å². The van der Waals surface area contributed by atoms with Crippen LogP contribution in [0.3, 0.4) is 0 Å². The Labute approximate surface area is 213 Å². The monoisotopic (exact) mass is 502 g/mol. The summed E-state index contributed by atoms with van der Waals surface area (Å²) in [7, 11) is 2.17. The van der Waals surface area contributed by atoms with E-state index in [0.717, 1.165) is 50.1 Å². The van der Waals surface area contributed by atoms with Gasteiger partial charge in [0.15, 0.2) is 11.6 Å². The molecule has 1 N–H and O–H groups in total. The van der Waals surface area contributed by atoms with Crippen LogP contribution in [0, 0.1) is 17.0 Å². The molecule has 2 fully saturated rings. The average molecular weight is 503 g/mol. The molecule has 7 rings (SSSR count). The van der Waals surface area contributed by atoms with E-state index < -0.39 is 11.6 Å². The van der Waals surface area contributed by atoms with Crippen molar-refractivity contribution in [2.45, 2.75) is 32.4 Å². The summed E-state index contributed by atoms with van der Waals surface area (Å²) in [6.45, 7) is 7.61. The third-order valence-electron chi connectivity index (χ3n) is 7.87. The van der Waals surface area contributed by atoms with E-state index in [-0.39, 0.29) is 17.7 Å². The zero-order valence-corrected chi connectivity index (χ0v) is 20.9. The number of nitrogens with one attached hydrogen (secondary N) is 1. The molecule has 37 heavy (non-hydrogen) atoms. The first-order valence-corrected chi connectivity index (χ1v) is 12.7. The minimum atomic E-state index is -0.619. The highest BCUT2D eigenvalue weighted by atomic mass is 19.1. The van der Waals surface area contributed by atoms with E-state index in [1.165, 1.54) is 19.2 Å². The van der Waals surface area contributed by atoms with Gasteiger partial charge in [0.25, 0.3) is 0 Å². The van der Waals surface area contributed by atoms with Crippen molar-refractivity contribution in [2.75, 3.05) is 38.5 Å². The lowest BCUT2D eigenvalue weighted by atomic mass is 9.73. The Morgan fingerprint density at radius 2 is 1.86 bits per heavy atom. The number of anilines is 2. The quantitative estimate of drug-likeness (QED) is 0.439. The number of benzene rings is 1. The van der Waals surface area contributed by atoms with Crippen LogP contribution in [0.25, 0.3) is 22.3 Å². The minimum Gasteiger partial charge on any atom is -0.325 e. The second-order valence-corrected chi connectivity index (χ2v) is 11.0. The molecule has 6 heterocycles. The predicted octanol–water partition coefficient (Wildman–Crippen LogP) is 4.16. The van der Waals surface area contributed by atoms with Crippen molar-refractivity contribution in [1.82, 2.24) is 34.3 Å². The molecule has 0 amide bonds. The Kier molecular flexibility index (Phi) is 5.06. The normalized spacial score (nSPS) is 20.7. The van der Waals surface area contributed by atoms with Gasteiger partial charge in [-0.3, -0.25) is 4.90 Å². The molecule has 4 aromatic rings. The van der Waals surface area contributed by atoms with E-state index in [1.54, 1.807) is 6.07 Å². The number of aryl methyl sites for hydroxylation is 1. The summed E-state index contributed by atoms with van der Waals surface area (Å²) in [5, 5.41) is 3.05.